The smallest absolute Gasteiger partial charge is 0.231 e. The Bertz CT molecular complexity index is 638. The lowest BCUT2D eigenvalue weighted by atomic mass is 9.94. The summed E-state index contributed by atoms with van der Waals surface area (Å²) in [4.78, 5) is 17.0. The molecule has 1 aliphatic rings. The molecule has 0 aromatic carbocycles. The molecular weight excluding hydrogens is 334 g/mol. The van der Waals surface area contributed by atoms with Gasteiger partial charge in [0.2, 0.25) is 5.91 Å². The highest BCUT2D eigenvalue weighted by Crippen LogP contribution is 2.24. The van der Waals surface area contributed by atoms with Gasteiger partial charge in [0.05, 0.1) is 24.1 Å². The SMILES string of the molecule is C#CC(CC)(CC)NC(=O)CSc1nc(C)c(C)n1C[C@H]1CCCO1. The topological polar surface area (TPSA) is 56.2 Å². The van der Waals surface area contributed by atoms with Gasteiger partial charge in [-0.1, -0.05) is 31.5 Å². The highest BCUT2D eigenvalue weighted by molar-refractivity contribution is 7.99. The van der Waals surface area contributed by atoms with Crippen molar-refractivity contribution in [1.29, 1.82) is 0 Å². The van der Waals surface area contributed by atoms with E-state index in [0.717, 1.165) is 55.4 Å². The van der Waals surface area contributed by atoms with E-state index in [-0.39, 0.29) is 12.0 Å². The molecule has 1 amide bonds. The van der Waals surface area contributed by atoms with Gasteiger partial charge in [-0.05, 0) is 39.5 Å². The molecule has 1 aromatic heterocycles. The molecule has 0 radical (unpaired) electrons. The third-order valence-corrected chi connectivity index (χ3v) is 6.00. The van der Waals surface area contributed by atoms with E-state index in [1.165, 1.54) is 11.8 Å². The van der Waals surface area contributed by atoms with Crippen LogP contribution in [0.4, 0.5) is 0 Å². The molecule has 0 bridgehead atoms. The van der Waals surface area contributed by atoms with E-state index < -0.39 is 5.54 Å². The van der Waals surface area contributed by atoms with Crippen molar-refractivity contribution in [3.8, 4) is 12.3 Å². The van der Waals surface area contributed by atoms with Gasteiger partial charge in [0, 0.05) is 12.3 Å². The lowest BCUT2D eigenvalue weighted by molar-refractivity contribution is -0.119. The Morgan fingerprint density at radius 2 is 2.20 bits per heavy atom. The number of terminal acetylenes is 1. The van der Waals surface area contributed by atoms with Crippen molar-refractivity contribution in [2.24, 2.45) is 0 Å². The van der Waals surface area contributed by atoms with Gasteiger partial charge in [-0.2, -0.15) is 0 Å². The summed E-state index contributed by atoms with van der Waals surface area (Å²) in [5.74, 6) is 3.00. The number of aromatic nitrogens is 2. The summed E-state index contributed by atoms with van der Waals surface area (Å²) in [6.07, 6.45) is 9.51. The van der Waals surface area contributed by atoms with Crippen molar-refractivity contribution in [1.82, 2.24) is 14.9 Å². The average Bonchev–Trinajstić information content (AvgIpc) is 3.22. The van der Waals surface area contributed by atoms with E-state index in [1.54, 1.807) is 0 Å². The number of amides is 1. The van der Waals surface area contributed by atoms with Crippen LogP contribution in [0, 0.1) is 26.2 Å². The first-order valence-electron chi connectivity index (χ1n) is 9.01. The van der Waals surface area contributed by atoms with E-state index in [1.807, 2.05) is 20.8 Å². The minimum atomic E-state index is -0.545. The largest absolute Gasteiger partial charge is 0.376 e. The van der Waals surface area contributed by atoms with Crippen LogP contribution >= 0.6 is 11.8 Å². The van der Waals surface area contributed by atoms with Gasteiger partial charge < -0.3 is 14.6 Å². The first kappa shape index (κ1) is 19.9. The number of carbonyl (C=O) groups is 1. The highest BCUT2D eigenvalue weighted by atomic mass is 32.2. The van der Waals surface area contributed by atoms with E-state index in [2.05, 4.69) is 27.7 Å². The maximum atomic E-state index is 12.4. The Kier molecular flexibility index (Phi) is 6.97. The second-order valence-corrected chi connectivity index (χ2v) is 7.52. The summed E-state index contributed by atoms with van der Waals surface area (Å²) in [5, 5.41) is 3.88. The lowest BCUT2D eigenvalue weighted by Gasteiger charge is -2.26. The number of hydrogen-bond acceptors (Lipinski definition) is 4. The fourth-order valence-corrected chi connectivity index (χ4v) is 3.94. The molecule has 1 aromatic rings. The third-order valence-electron chi connectivity index (χ3n) is 5.03. The molecule has 1 fully saturated rings. The highest BCUT2D eigenvalue weighted by Gasteiger charge is 2.26. The minimum absolute atomic E-state index is 0.0476. The molecule has 5 nitrogen and oxygen atoms in total. The zero-order valence-electron chi connectivity index (χ0n) is 15.7. The molecule has 1 aliphatic heterocycles. The van der Waals surface area contributed by atoms with Gasteiger partial charge in [0.15, 0.2) is 5.16 Å². The number of imidazole rings is 1. The summed E-state index contributed by atoms with van der Waals surface area (Å²) < 4.78 is 7.93. The number of thioether (sulfide) groups is 1. The average molecular weight is 364 g/mol. The van der Waals surface area contributed by atoms with Gasteiger partial charge in [0.1, 0.15) is 5.54 Å². The number of rotatable bonds is 8. The number of hydrogen-bond donors (Lipinski definition) is 1. The molecule has 1 atom stereocenters. The van der Waals surface area contributed by atoms with Crippen LogP contribution in [0.1, 0.15) is 50.9 Å². The van der Waals surface area contributed by atoms with E-state index >= 15 is 0 Å². The predicted octanol–water partition coefficient (Wildman–Crippen LogP) is 3.08. The summed E-state index contributed by atoms with van der Waals surface area (Å²) in [6, 6.07) is 0. The molecule has 1 saturated heterocycles. The zero-order chi connectivity index (χ0) is 18.4. The molecule has 6 heteroatoms. The monoisotopic (exact) mass is 363 g/mol. The van der Waals surface area contributed by atoms with E-state index in [9.17, 15) is 4.79 Å². The van der Waals surface area contributed by atoms with Crippen LogP contribution in [0.3, 0.4) is 0 Å². The zero-order valence-corrected chi connectivity index (χ0v) is 16.5. The van der Waals surface area contributed by atoms with Crippen molar-refractivity contribution in [2.45, 2.75) is 76.7 Å². The van der Waals surface area contributed by atoms with Crippen molar-refractivity contribution < 1.29 is 9.53 Å². The van der Waals surface area contributed by atoms with Crippen LogP contribution in [0.15, 0.2) is 5.16 Å². The second-order valence-electron chi connectivity index (χ2n) is 6.58. The summed E-state index contributed by atoms with van der Waals surface area (Å²) in [5.41, 5.74) is 1.59. The van der Waals surface area contributed by atoms with E-state index in [0.29, 0.717) is 5.75 Å². The Morgan fingerprint density at radius 1 is 1.48 bits per heavy atom. The van der Waals surface area contributed by atoms with Crippen LogP contribution in [0.5, 0.6) is 0 Å². The van der Waals surface area contributed by atoms with Crippen LogP contribution in [0.2, 0.25) is 0 Å². The fraction of sp³-hybridized carbons (Fsp3) is 0.684. The number of carbonyl (C=O) groups excluding carboxylic acids is 1. The second kappa shape index (κ2) is 8.77. The molecular formula is C19H29N3O2S. The first-order chi connectivity index (χ1) is 11.9. The van der Waals surface area contributed by atoms with Crippen LogP contribution in [-0.2, 0) is 16.1 Å². The number of aryl methyl sites for hydroxylation is 1. The molecule has 0 saturated carbocycles. The summed E-state index contributed by atoms with van der Waals surface area (Å²) in [6.45, 7) is 9.71. The minimum Gasteiger partial charge on any atom is -0.376 e. The molecule has 0 spiro atoms. The third kappa shape index (κ3) is 4.80. The standard InChI is InChI=1S/C19H29N3O2S/c1-6-19(7-2,8-3)21-17(23)13-25-18-20-14(4)15(5)22(18)12-16-10-9-11-24-16/h1,16H,7-13H2,2-5H3,(H,21,23)/t16-/m1/s1. The van der Waals surface area contributed by atoms with Crippen LogP contribution in [0.25, 0.3) is 0 Å². The van der Waals surface area contributed by atoms with Gasteiger partial charge >= 0.3 is 0 Å². The van der Waals surface area contributed by atoms with Gasteiger partial charge in [-0.3, -0.25) is 4.79 Å². The maximum absolute atomic E-state index is 12.4. The first-order valence-corrected chi connectivity index (χ1v) is 10.00. The predicted molar refractivity (Wildman–Crippen MR) is 102 cm³/mol. The molecule has 138 valence electrons. The van der Waals surface area contributed by atoms with Crippen molar-refractivity contribution in [3.05, 3.63) is 11.4 Å². The lowest BCUT2D eigenvalue weighted by Crippen LogP contribution is -2.47. The van der Waals surface area contributed by atoms with Crippen LogP contribution < -0.4 is 5.32 Å². The van der Waals surface area contributed by atoms with Gasteiger partial charge in [-0.25, -0.2) is 4.98 Å². The number of nitrogens with one attached hydrogen (secondary N) is 1. The number of nitrogens with zero attached hydrogens (tertiary/aromatic N) is 2. The molecule has 2 rings (SSSR count). The van der Waals surface area contributed by atoms with Crippen molar-refractivity contribution in [3.63, 3.8) is 0 Å². The Balaban J connectivity index is 2.01. The Morgan fingerprint density at radius 3 is 2.76 bits per heavy atom. The molecule has 1 N–H and O–H groups in total. The fourth-order valence-electron chi connectivity index (χ4n) is 3.04. The number of ether oxygens (including phenoxy) is 1. The van der Waals surface area contributed by atoms with Gasteiger partial charge in [0.25, 0.3) is 0 Å². The molecule has 25 heavy (non-hydrogen) atoms. The normalized spacial score (nSPS) is 17.5. The Labute approximate surface area is 155 Å². The van der Waals surface area contributed by atoms with E-state index in [4.69, 9.17) is 11.2 Å². The quantitative estimate of drug-likeness (QED) is 0.570. The molecule has 0 aliphatic carbocycles. The molecule has 0 unspecified atom stereocenters. The van der Waals surface area contributed by atoms with Crippen molar-refractivity contribution >= 4 is 17.7 Å². The Hall–Kier alpha value is -1.45. The van der Waals surface area contributed by atoms with Crippen LogP contribution in [-0.4, -0.2) is 39.5 Å². The maximum Gasteiger partial charge on any atom is 0.231 e. The van der Waals surface area contributed by atoms with Crippen molar-refractivity contribution in [2.75, 3.05) is 12.4 Å². The summed E-state index contributed by atoms with van der Waals surface area (Å²) in [7, 11) is 0. The molecule has 2 heterocycles. The van der Waals surface area contributed by atoms with Gasteiger partial charge in [-0.15, -0.1) is 6.42 Å². The summed E-state index contributed by atoms with van der Waals surface area (Å²) >= 11 is 1.46.